The van der Waals surface area contributed by atoms with Crippen LogP contribution in [0.1, 0.15) is 57.0 Å². The molecule has 0 saturated carbocycles. The molecule has 1 N–H and O–H groups in total. The lowest BCUT2D eigenvalue weighted by Gasteiger charge is -2.33. The second-order valence-electron chi connectivity index (χ2n) is 5.33. The maximum Gasteiger partial charge on any atom is 0.0731 e. The Hall–Kier alpha value is 0.140. The second kappa shape index (κ2) is 6.35. The van der Waals surface area contributed by atoms with E-state index in [2.05, 4.69) is 61.9 Å². The third-order valence-electron chi connectivity index (χ3n) is 3.45. The van der Waals surface area contributed by atoms with Gasteiger partial charge in [0.2, 0.25) is 0 Å². The van der Waals surface area contributed by atoms with Crippen LogP contribution in [0, 0.1) is 12.3 Å². The van der Waals surface area contributed by atoms with Crippen LogP contribution in [0.15, 0.2) is 9.85 Å². The van der Waals surface area contributed by atoms with Crippen molar-refractivity contribution in [3.63, 3.8) is 0 Å². The molecule has 17 heavy (non-hydrogen) atoms. The van der Waals surface area contributed by atoms with Crippen LogP contribution in [0.3, 0.4) is 0 Å². The van der Waals surface area contributed by atoms with Crippen LogP contribution in [-0.2, 0) is 0 Å². The zero-order valence-corrected chi connectivity index (χ0v) is 14.0. The zero-order valence-electron chi connectivity index (χ0n) is 11.6. The predicted octanol–water partition coefficient (Wildman–Crippen LogP) is 5.30. The summed E-state index contributed by atoms with van der Waals surface area (Å²) in [5.74, 6) is 0. The Morgan fingerprint density at radius 3 is 2.47 bits per heavy atom. The van der Waals surface area contributed by atoms with Gasteiger partial charge in [-0.15, -0.1) is 11.3 Å². The second-order valence-corrected chi connectivity index (χ2v) is 7.74. The summed E-state index contributed by atoms with van der Waals surface area (Å²) in [4.78, 5) is 1.45. The average Bonchev–Trinajstić information content (AvgIpc) is 2.59. The first-order valence-electron chi connectivity index (χ1n) is 6.41. The van der Waals surface area contributed by atoms with E-state index in [0.29, 0.717) is 11.5 Å². The standard InChI is InChI=1S/C14H24BrNS/c1-6-8-16-12(14(4,5)7-2)11-9-10(3)13(15)17-11/h9,12,16H,6-8H2,1-5H3. The van der Waals surface area contributed by atoms with Gasteiger partial charge in [0, 0.05) is 10.9 Å². The molecule has 0 radical (unpaired) electrons. The van der Waals surface area contributed by atoms with Crippen molar-refractivity contribution in [2.45, 2.75) is 53.5 Å². The summed E-state index contributed by atoms with van der Waals surface area (Å²) in [5, 5.41) is 3.71. The summed E-state index contributed by atoms with van der Waals surface area (Å²) in [6.07, 6.45) is 2.37. The summed E-state index contributed by atoms with van der Waals surface area (Å²) in [7, 11) is 0. The van der Waals surface area contributed by atoms with Gasteiger partial charge in [-0.1, -0.05) is 27.7 Å². The van der Waals surface area contributed by atoms with Crippen LogP contribution >= 0.6 is 27.3 Å². The number of rotatable bonds is 6. The van der Waals surface area contributed by atoms with Gasteiger partial charge < -0.3 is 5.32 Å². The molecule has 1 nitrogen and oxygen atoms in total. The molecule has 0 aliphatic rings. The highest BCUT2D eigenvalue weighted by molar-refractivity contribution is 9.11. The molecule has 0 fully saturated rings. The molecule has 0 aromatic carbocycles. The highest BCUT2D eigenvalue weighted by Crippen LogP contribution is 2.41. The minimum absolute atomic E-state index is 0.298. The molecule has 3 heteroatoms. The molecule has 1 unspecified atom stereocenters. The predicted molar refractivity (Wildman–Crippen MR) is 81.9 cm³/mol. The maximum atomic E-state index is 3.71. The van der Waals surface area contributed by atoms with Crippen LogP contribution in [-0.4, -0.2) is 6.54 Å². The van der Waals surface area contributed by atoms with Gasteiger partial charge in [0.1, 0.15) is 0 Å². The van der Waals surface area contributed by atoms with Crippen molar-refractivity contribution in [2.24, 2.45) is 5.41 Å². The summed E-state index contributed by atoms with van der Waals surface area (Å²) < 4.78 is 1.27. The Balaban J connectivity index is 2.97. The van der Waals surface area contributed by atoms with E-state index in [1.807, 2.05) is 11.3 Å². The van der Waals surface area contributed by atoms with E-state index in [9.17, 15) is 0 Å². The molecule has 1 aromatic rings. The number of hydrogen-bond acceptors (Lipinski definition) is 2. The number of thiophene rings is 1. The van der Waals surface area contributed by atoms with Crippen molar-refractivity contribution in [2.75, 3.05) is 6.54 Å². The van der Waals surface area contributed by atoms with Crippen LogP contribution in [0.25, 0.3) is 0 Å². The number of nitrogens with one attached hydrogen (secondary N) is 1. The van der Waals surface area contributed by atoms with Crippen LogP contribution in [0.2, 0.25) is 0 Å². The summed E-state index contributed by atoms with van der Waals surface area (Å²) >= 11 is 5.50. The Labute approximate surface area is 118 Å². The summed E-state index contributed by atoms with van der Waals surface area (Å²) in [6.45, 7) is 12.4. The van der Waals surface area contributed by atoms with Crippen LogP contribution < -0.4 is 5.32 Å². The van der Waals surface area contributed by atoms with E-state index in [1.165, 1.54) is 27.1 Å². The molecule has 1 atom stereocenters. The van der Waals surface area contributed by atoms with E-state index in [1.54, 1.807) is 0 Å². The van der Waals surface area contributed by atoms with Crippen molar-refractivity contribution in [1.29, 1.82) is 0 Å². The Morgan fingerprint density at radius 2 is 2.06 bits per heavy atom. The van der Waals surface area contributed by atoms with E-state index in [0.717, 1.165) is 6.54 Å². The molecule has 1 aromatic heterocycles. The lowest BCUT2D eigenvalue weighted by Crippen LogP contribution is -2.33. The fourth-order valence-corrected chi connectivity index (χ4v) is 3.74. The molecule has 1 heterocycles. The van der Waals surface area contributed by atoms with Crippen LogP contribution in [0.4, 0.5) is 0 Å². The maximum absolute atomic E-state index is 3.71. The Bertz CT molecular complexity index is 338. The third-order valence-corrected chi connectivity index (χ3v) is 5.65. The lowest BCUT2D eigenvalue weighted by molar-refractivity contribution is 0.238. The van der Waals surface area contributed by atoms with Gasteiger partial charge in [-0.3, -0.25) is 0 Å². The van der Waals surface area contributed by atoms with Gasteiger partial charge >= 0.3 is 0 Å². The fourth-order valence-electron chi connectivity index (χ4n) is 1.88. The molecule has 0 bridgehead atoms. The van der Waals surface area contributed by atoms with Gasteiger partial charge in [-0.2, -0.15) is 0 Å². The average molecular weight is 318 g/mol. The van der Waals surface area contributed by atoms with Crippen molar-refractivity contribution in [3.05, 3.63) is 20.3 Å². The number of aryl methyl sites for hydroxylation is 1. The topological polar surface area (TPSA) is 12.0 Å². The number of halogens is 1. The van der Waals surface area contributed by atoms with Crippen molar-refractivity contribution in [1.82, 2.24) is 5.32 Å². The van der Waals surface area contributed by atoms with Crippen LogP contribution in [0.5, 0.6) is 0 Å². The van der Waals surface area contributed by atoms with E-state index < -0.39 is 0 Å². The SMILES string of the molecule is CCCNC(c1cc(C)c(Br)s1)C(C)(C)CC. The molecule has 0 spiro atoms. The van der Waals surface area contributed by atoms with Gasteiger partial charge in [-0.05, 0) is 59.3 Å². The van der Waals surface area contributed by atoms with Crippen molar-refractivity contribution >= 4 is 27.3 Å². The molecule has 1 rings (SSSR count). The minimum atomic E-state index is 0.298. The first-order chi connectivity index (χ1) is 7.92. The lowest BCUT2D eigenvalue weighted by atomic mass is 9.81. The highest BCUT2D eigenvalue weighted by Gasteiger charge is 2.30. The van der Waals surface area contributed by atoms with E-state index in [4.69, 9.17) is 0 Å². The van der Waals surface area contributed by atoms with Crippen molar-refractivity contribution < 1.29 is 0 Å². The smallest absolute Gasteiger partial charge is 0.0731 e. The first-order valence-corrected chi connectivity index (χ1v) is 8.02. The number of hydrogen-bond donors (Lipinski definition) is 1. The highest BCUT2D eigenvalue weighted by atomic mass is 79.9. The van der Waals surface area contributed by atoms with E-state index >= 15 is 0 Å². The largest absolute Gasteiger partial charge is 0.309 e. The Kier molecular flexibility index (Phi) is 5.68. The Morgan fingerprint density at radius 1 is 1.41 bits per heavy atom. The molecular weight excluding hydrogens is 294 g/mol. The molecule has 0 amide bonds. The van der Waals surface area contributed by atoms with Gasteiger partial charge in [-0.25, -0.2) is 0 Å². The normalized spacial score (nSPS) is 14.0. The first kappa shape index (κ1) is 15.2. The third kappa shape index (κ3) is 3.80. The quantitative estimate of drug-likeness (QED) is 0.751. The fraction of sp³-hybridized carbons (Fsp3) is 0.714. The monoisotopic (exact) mass is 317 g/mol. The van der Waals surface area contributed by atoms with E-state index in [-0.39, 0.29) is 0 Å². The van der Waals surface area contributed by atoms with Crippen molar-refractivity contribution in [3.8, 4) is 0 Å². The summed E-state index contributed by atoms with van der Waals surface area (Å²) in [6, 6.07) is 2.78. The molecule has 0 aliphatic carbocycles. The molecule has 0 aliphatic heterocycles. The summed E-state index contributed by atoms with van der Waals surface area (Å²) in [5.41, 5.74) is 1.64. The minimum Gasteiger partial charge on any atom is -0.309 e. The molecule has 0 saturated heterocycles. The van der Waals surface area contributed by atoms with Gasteiger partial charge in [0.25, 0.3) is 0 Å². The van der Waals surface area contributed by atoms with Gasteiger partial charge in [0.15, 0.2) is 0 Å². The molecular formula is C14H24BrNS. The van der Waals surface area contributed by atoms with Gasteiger partial charge in [0.05, 0.1) is 3.79 Å². The zero-order chi connectivity index (χ0) is 13.1. The molecule has 98 valence electrons.